The highest BCUT2D eigenvalue weighted by Crippen LogP contribution is 2.25. The van der Waals surface area contributed by atoms with E-state index in [1.807, 2.05) is 24.3 Å². The van der Waals surface area contributed by atoms with Crippen LogP contribution < -0.4 is 5.46 Å². The first kappa shape index (κ1) is 8.47. The molecule has 0 N–H and O–H groups in total. The quantitative estimate of drug-likeness (QED) is 0.429. The molecule has 2 radical (unpaired) electrons. The van der Waals surface area contributed by atoms with E-state index < -0.39 is 9.21 Å². The molecule has 0 amide bonds. The van der Waals surface area contributed by atoms with Crippen molar-refractivity contribution in [3.05, 3.63) is 24.3 Å². The smallest absolute Gasteiger partial charge is 0.113 e. The molecule has 0 saturated heterocycles. The second-order valence-corrected chi connectivity index (χ2v) is 5.86. The molecule has 0 bridgehead atoms. The van der Waals surface area contributed by atoms with E-state index in [0.29, 0.717) is 0 Å². The third kappa shape index (κ3) is 2.16. The largest absolute Gasteiger partial charge is 0.190 e. The summed E-state index contributed by atoms with van der Waals surface area (Å²) in [7, 11) is 4.46. The minimum absolute atomic E-state index is 0.789. The van der Waals surface area contributed by atoms with Crippen LogP contribution in [0.15, 0.2) is 29.2 Å². The van der Waals surface area contributed by atoms with E-state index in [9.17, 15) is 0 Å². The van der Waals surface area contributed by atoms with Crippen molar-refractivity contribution in [2.75, 3.05) is 6.26 Å². The van der Waals surface area contributed by atoms with Crippen molar-refractivity contribution in [2.24, 2.45) is 0 Å². The summed E-state index contributed by atoms with van der Waals surface area (Å²) >= 11 is 0. The topological polar surface area (TPSA) is 0 Å². The third-order valence-corrected chi connectivity index (χ3v) is 2.86. The van der Waals surface area contributed by atoms with Crippen molar-refractivity contribution >= 4 is 34.3 Å². The fourth-order valence-corrected chi connectivity index (χ4v) is 1.59. The van der Waals surface area contributed by atoms with Gasteiger partial charge in [-0.05, 0) is 11.2 Å². The van der Waals surface area contributed by atoms with Gasteiger partial charge in [0, 0.05) is 0 Å². The van der Waals surface area contributed by atoms with Gasteiger partial charge in [-0.25, -0.2) is 0 Å². The van der Waals surface area contributed by atoms with Crippen molar-refractivity contribution in [1.29, 1.82) is 0 Å². The lowest BCUT2D eigenvalue weighted by molar-refractivity contribution is 1.49. The summed E-state index contributed by atoms with van der Waals surface area (Å²) in [5, 5.41) is 0. The molecule has 0 heterocycles. The Morgan fingerprint density at radius 3 is 2.00 bits per heavy atom. The van der Waals surface area contributed by atoms with E-state index in [1.54, 1.807) is 0 Å². The fraction of sp³-hybridized carbons (Fsp3) is 0.111. The van der Waals surface area contributed by atoms with Gasteiger partial charge in [-0.15, -0.1) is 0 Å². The molecule has 0 fully saturated rings. The molecule has 0 unspecified atom stereocenters. The predicted molar refractivity (Wildman–Crippen MR) is 57.9 cm³/mol. The van der Waals surface area contributed by atoms with Crippen molar-refractivity contribution in [1.82, 2.24) is 0 Å². The number of benzene rings is 1. The first-order valence-corrected chi connectivity index (χ1v) is 5.68. The van der Waals surface area contributed by atoms with Crippen LogP contribution in [-0.2, 0) is 0 Å². The minimum Gasteiger partial charge on any atom is -0.190 e. The van der Waals surface area contributed by atoms with E-state index in [4.69, 9.17) is 7.85 Å². The van der Waals surface area contributed by atoms with Gasteiger partial charge < -0.3 is 0 Å². The van der Waals surface area contributed by atoms with E-state index in [-0.39, 0.29) is 0 Å². The first-order valence-electron chi connectivity index (χ1n) is 3.30. The molecule has 0 spiro atoms. The van der Waals surface area contributed by atoms with Gasteiger partial charge in [0.15, 0.2) is 0 Å². The van der Waals surface area contributed by atoms with Crippen LogP contribution in [0.1, 0.15) is 0 Å². The number of hydrogen-bond acceptors (Lipinski definition) is 0. The van der Waals surface area contributed by atoms with Crippen LogP contribution >= 0.6 is 9.21 Å². The average molecular weight is 162 g/mol. The molecule has 1 aromatic carbocycles. The van der Waals surface area contributed by atoms with Crippen LogP contribution in [0.2, 0.25) is 0 Å². The molecule has 0 aliphatic carbocycles. The second kappa shape index (κ2) is 2.78. The summed E-state index contributed by atoms with van der Waals surface area (Å²) < 4.78 is 0. The van der Waals surface area contributed by atoms with Crippen LogP contribution in [0.25, 0.3) is 0 Å². The SMILES string of the molecule is [B]c1ccc(S(=C)(=C)C)cc1. The van der Waals surface area contributed by atoms with Crippen LogP contribution in [-0.4, -0.2) is 25.8 Å². The zero-order chi connectivity index (χ0) is 8.48. The molecule has 0 nitrogen and oxygen atoms in total. The zero-order valence-electron chi connectivity index (χ0n) is 6.71. The highest BCUT2D eigenvalue weighted by Gasteiger charge is 1.92. The Bertz CT molecular complexity index is 332. The zero-order valence-corrected chi connectivity index (χ0v) is 7.53. The van der Waals surface area contributed by atoms with E-state index in [2.05, 4.69) is 18.0 Å². The molecule has 1 rings (SSSR count). The Morgan fingerprint density at radius 2 is 1.64 bits per heavy atom. The monoisotopic (exact) mass is 162 g/mol. The van der Waals surface area contributed by atoms with Crippen molar-refractivity contribution in [2.45, 2.75) is 4.90 Å². The number of hydrogen-bond donors (Lipinski definition) is 0. The molecular weight excluding hydrogens is 151 g/mol. The van der Waals surface area contributed by atoms with Crippen LogP contribution in [0.4, 0.5) is 0 Å². The summed E-state index contributed by atoms with van der Waals surface area (Å²) in [4.78, 5) is 1.19. The summed E-state index contributed by atoms with van der Waals surface area (Å²) in [6, 6.07) is 7.75. The second-order valence-electron chi connectivity index (χ2n) is 2.84. The molecule has 11 heavy (non-hydrogen) atoms. The maximum absolute atomic E-state index is 5.54. The van der Waals surface area contributed by atoms with Crippen molar-refractivity contribution in [3.8, 4) is 0 Å². The molecule has 0 saturated carbocycles. The van der Waals surface area contributed by atoms with Gasteiger partial charge in [-0.3, -0.25) is 0 Å². The van der Waals surface area contributed by atoms with Gasteiger partial charge in [-0.1, -0.05) is 41.5 Å². The fourth-order valence-electron chi connectivity index (χ4n) is 0.796. The van der Waals surface area contributed by atoms with Gasteiger partial charge in [0.1, 0.15) is 7.85 Å². The average Bonchev–Trinajstić information content (AvgIpc) is 1.86. The number of rotatable bonds is 1. The molecule has 2 heteroatoms. The van der Waals surface area contributed by atoms with E-state index >= 15 is 0 Å². The summed E-state index contributed by atoms with van der Waals surface area (Å²) in [6.07, 6.45) is 2.05. The lowest BCUT2D eigenvalue weighted by atomic mass is 9.97. The van der Waals surface area contributed by atoms with Crippen molar-refractivity contribution < 1.29 is 0 Å². The summed E-state index contributed by atoms with van der Waals surface area (Å²) in [5.41, 5.74) is 0.789. The first-order chi connectivity index (χ1) is 5.00. The summed E-state index contributed by atoms with van der Waals surface area (Å²) in [5.74, 6) is 8.00. The molecule has 0 aliphatic rings. The lowest BCUT2D eigenvalue weighted by Gasteiger charge is -2.07. The molecule has 56 valence electrons. The lowest BCUT2D eigenvalue weighted by Crippen LogP contribution is -1.99. The van der Waals surface area contributed by atoms with Crippen molar-refractivity contribution in [3.63, 3.8) is 0 Å². The molecule has 0 aliphatic heterocycles. The van der Waals surface area contributed by atoms with Gasteiger partial charge >= 0.3 is 0 Å². The van der Waals surface area contributed by atoms with Gasteiger partial charge in [0.05, 0.1) is 0 Å². The Kier molecular flexibility index (Phi) is 2.14. The maximum Gasteiger partial charge on any atom is 0.113 e. The molecular formula is C9H11BS. The minimum atomic E-state index is -1.08. The van der Waals surface area contributed by atoms with E-state index in [0.717, 1.165) is 5.46 Å². The predicted octanol–water partition coefficient (Wildman–Crippen LogP) is 1.14. The Balaban J connectivity index is 3.20. The highest BCUT2D eigenvalue weighted by atomic mass is 32.2. The van der Waals surface area contributed by atoms with Crippen LogP contribution in [0.3, 0.4) is 0 Å². The Morgan fingerprint density at radius 1 is 1.18 bits per heavy atom. The third-order valence-electron chi connectivity index (χ3n) is 1.45. The van der Waals surface area contributed by atoms with Gasteiger partial charge in [0.25, 0.3) is 0 Å². The van der Waals surface area contributed by atoms with Crippen LogP contribution in [0.5, 0.6) is 0 Å². The molecule has 1 aromatic rings. The normalized spacial score (nSPS) is 11.4. The Hall–Kier alpha value is -0.625. The van der Waals surface area contributed by atoms with Gasteiger partial charge in [0.2, 0.25) is 0 Å². The molecule has 0 atom stereocenters. The van der Waals surface area contributed by atoms with Crippen LogP contribution in [0, 0.1) is 0 Å². The van der Waals surface area contributed by atoms with E-state index in [1.165, 1.54) is 4.90 Å². The maximum atomic E-state index is 5.54. The van der Waals surface area contributed by atoms with Gasteiger partial charge in [-0.2, -0.15) is 9.21 Å². The Labute approximate surface area is 70.1 Å². The highest BCUT2D eigenvalue weighted by molar-refractivity contribution is 8.27. The molecule has 0 aromatic heterocycles. The standard InChI is InChI=1S/C9H11BS/c1-11(2,3)9-6-4-8(10)5-7-9/h4-7H,1-2H2,3H3. The summed E-state index contributed by atoms with van der Waals surface area (Å²) in [6.45, 7) is 0.